The van der Waals surface area contributed by atoms with Crippen LogP contribution in [0.4, 0.5) is 15.8 Å². The quantitative estimate of drug-likeness (QED) is 0.709. The molecule has 13 heavy (non-hydrogen) atoms. The van der Waals surface area contributed by atoms with Gasteiger partial charge in [-0.2, -0.15) is 0 Å². The molecule has 2 rings (SSSR count). The van der Waals surface area contributed by atoms with Crippen LogP contribution in [-0.2, 0) is 6.42 Å². The number of hydrogen-bond acceptors (Lipinski definition) is 2. The Balaban J connectivity index is 2.49. The molecule has 0 spiro atoms. The van der Waals surface area contributed by atoms with Crippen molar-refractivity contribution in [3.63, 3.8) is 0 Å². The summed E-state index contributed by atoms with van der Waals surface area (Å²) in [5.74, 6) is -0.132. The van der Waals surface area contributed by atoms with E-state index in [1.807, 2.05) is 20.2 Å². The summed E-state index contributed by atoms with van der Waals surface area (Å²) in [5, 5.41) is 3.23. The Bertz CT molecular complexity index is 334. The van der Waals surface area contributed by atoms with Crippen LogP contribution in [-0.4, -0.2) is 20.6 Å². The maximum atomic E-state index is 13.4. The number of anilines is 2. The molecule has 0 aliphatic carbocycles. The predicted octanol–water partition coefficient (Wildman–Crippen LogP) is 1.86. The van der Waals surface area contributed by atoms with Crippen LogP contribution in [0.15, 0.2) is 12.1 Å². The van der Waals surface area contributed by atoms with Gasteiger partial charge in [0.25, 0.3) is 0 Å². The molecule has 70 valence electrons. The first kappa shape index (κ1) is 8.35. The van der Waals surface area contributed by atoms with Gasteiger partial charge in [-0.1, -0.05) is 0 Å². The third-order valence-electron chi connectivity index (χ3n) is 2.36. The Morgan fingerprint density at radius 3 is 2.85 bits per heavy atom. The van der Waals surface area contributed by atoms with E-state index in [0.29, 0.717) is 5.69 Å². The zero-order valence-corrected chi connectivity index (χ0v) is 7.89. The Morgan fingerprint density at radius 2 is 2.15 bits per heavy atom. The molecule has 1 aromatic rings. The first-order chi connectivity index (χ1) is 6.18. The first-order valence-electron chi connectivity index (χ1n) is 4.42. The maximum absolute atomic E-state index is 13.4. The average Bonchev–Trinajstić information content (AvgIpc) is 2.48. The smallest absolute Gasteiger partial charge is 0.146 e. The predicted molar refractivity (Wildman–Crippen MR) is 52.9 cm³/mol. The van der Waals surface area contributed by atoms with Crippen molar-refractivity contribution in [3.8, 4) is 0 Å². The van der Waals surface area contributed by atoms with E-state index in [-0.39, 0.29) is 5.82 Å². The second-order valence-electron chi connectivity index (χ2n) is 3.53. The number of nitrogens with zero attached hydrogens (tertiary/aromatic N) is 1. The van der Waals surface area contributed by atoms with Gasteiger partial charge in [-0.15, -0.1) is 0 Å². The molecule has 0 fully saturated rings. The molecule has 1 aliphatic heterocycles. The minimum Gasteiger partial charge on any atom is -0.384 e. The lowest BCUT2D eigenvalue weighted by Gasteiger charge is -2.14. The number of fused-ring (bicyclic) bond motifs is 1. The van der Waals surface area contributed by atoms with Crippen molar-refractivity contribution in [1.29, 1.82) is 0 Å². The van der Waals surface area contributed by atoms with Crippen LogP contribution >= 0.6 is 0 Å². The zero-order chi connectivity index (χ0) is 9.42. The lowest BCUT2D eigenvalue weighted by molar-refractivity contribution is 0.625. The highest BCUT2D eigenvalue weighted by atomic mass is 19.1. The van der Waals surface area contributed by atoms with Gasteiger partial charge in [0.1, 0.15) is 5.82 Å². The van der Waals surface area contributed by atoms with E-state index in [2.05, 4.69) is 5.32 Å². The monoisotopic (exact) mass is 180 g/mol. The van der Waals surface area contributed by atoms with Crippen LogP contribution in [0.25, 0.3) is 0 Å². The summed E-state index contributed by atoms with van der Waals surface area (Å²) in [4.78, 5) is 1.79. The molecule has 0 unspecified atom stereocenters. The molecule has 0 bridgehead atoms. The molecule has 0 atom stereocenters. The van der Waals surface area contributed by atoms with Crippen molar-refractivity contribution < 1.29 is 4.39 Å². The molecule has 1 heterocycles. The highest BCUT2D eigenvalue weighted by Gasteiger charge is 2.14. The topological polar surface area (TPSA) is 15.3 Å². The third-order valence-corrected chi connectivity index (χ3v) is 2.36. The minimum absolute atomic E-state index is 0.132. The maximum Gasteiger partial charge on any atom is 0.146 e. The molecule has 0 saturated heterocycles. The van der Waals surface area contributed by atoms with Crippen LogP contribution in [0.2, 0.25) is 0 Å². The van der Waals surface area contributed by atoms with Gasteiger partial charge >= 0.3 is 0 Å². The Morgan fingerprint density at radius 1 is 1.38 bits per heavy atom. The van der Waals surface area contributed by atoms with Gasteiger partial charge in [-0.25, -0.2) is 4.39 Å². The van der Waals surface area contributed by atoms with Crippen molar-refractivity contribution in [2.24, 2.45) is 0 Å². The molecule has 0 radical (unpaired) electrons. The molecule has 0 amide bonds. The SMILES string of the molecule is CN(C)c1cc2c(cc1F)CCN2. The second-order valence-corrected chi connectivity index (χ2v) is 3.53. The Hall–Kier alpha value is -1.25. The lowest BCUT2D eigenvalue weighted by atomic mass is 10.1. The van der Waals surface area contributed by atoms with Gasteiger partial charge in [-0.05, 0) is 24.1 Å². The molecular formula is C10H13FN2. The molecule has 3 heteroatoms. The van der Waals surface area contributed by atoms with E-state index in [4.69, 9.17) is 0 Å². The fourth-order valence-electron chi connectivity index (χ4n) is 1.65. The summed E-state index contributed by atoms with van der Waals surface area (Å²) < 4.78 is 13.4. The van der Waals surface area contributed by atoms with Crippen LogP contribution in [0, 0.1) is 5.82 Å². The van der Waals surface area contributed by atoms with E-state index in [0.717, 1.165) is 24.2 Å². The summed E-state index contributed by atoms with van der Waals surface area (Å²) in [6, 6.07) is 3.50. The summed E-state index contributed by atoms with van der Waals surface area (Å²) in [6.07, 6.45) is 0.931. The van der Waals surface area contributed by atoms with Crippen molar-refractivity contribution in [2.75, 3.05) is 30.9 Å². The van der Waals surface area contributed by atoms with E-state index in [1.54, 1.807) is 11.0 Å². The zero-order valence-electron chi connectivity index (χ0n) is 7.89. The fourth-order valence-corrected chi connectivity index (χ4v) is 1.65. The molecular weight excluding hydrogens is 167 g/mol. The fraction of sp³-hybridized carbons (Fsp3) is 0.400. The van der Waals surface area contributed by atoms with Gasteiger partial charge in [0, 0.05) is 26.3 Å². The van der Waals surface area contributed by atoms with Gasteiger partial charge in [-0.3, -0.25) is 0 Å². The molecule has 1 N–H and O–H groups in total. The third kappa shape index (κ3) is 1.34. The van der Waals surface area contributed by atoms with Crippen LogP contribution < -0.4 is 10.2 Å². The van der Waals surface area contributed by atoms with Gasteiger partial charge < -0.3 is 10.2 Å². The Labute approximate surface area is 77.4 Å². The van der Waals surface area contributed by atoms with Crippen LogP contribution in [0.5, 0.6) is 0 Å². The number of hydrogen-bond donors (Lipinski definition) is 1. The standard InChI is InChI=1S/C10H13FN2/c1-13(2)10-6-9-7(3-4-12-9)5-8(10)11/h5-6,12H,3-4H2,1-2H3. The second kappa shape index (κ2) is 2.91. The number of rotatable bonds is 1. The minimum atomic E-state index is -0.132. The Kier molecular flexibility index (Phi) is 1.87. The largest absolute Gasteiger partial charge is 0.384 e. The highest BCUT2D eigenvalue weighted by molar-refractivity contribution is 5.65. The number of benzene rings is 1. The molecule has 0 saturated carbocycles. The number of halogens is 1. The highest BCUT2D eigenvalue weighted by Crippen LogP contribution is 2.29. The molecule has 1 aliphatic rings. The van der Waals surface area contributed by atoms with Crippen molar-refractivity contribution in [2.45, 2.75) is 6.42 Å². The summed E-state index contributed by atoms with van der Waals surface area (Å²) >= 11 is 0. The molecule has 1 aromatic carbocycles. The normalized spacial score (nSPS) is 13.8. The number of nitrogens with one attached hydrogen (secondary N) is 1. The van der Waals surface area contributed by atoms with E-state index < -0.39 is 0 Å². The van der Waals surface area contributed by atoms with Gasteiger partial charge in [0.05, 0.1) is 5.69 Å². The van der Waals surface area contributed by atoms with Gasteiger partial charge in [0.2, 0.25) is 0 Å². The van der Waals surface area contributed by atoms with E-state index in [1.165, 1.54) is 0 Å². The van der Waals surface area contributed by atoms with E-state index >= 15 is 0 Å². The van der Waals surface area contributed by atoms with Crippen molar-refractivity contribution >= 4 is 11.4 Å². The van der Waals surface area contributed by atoms with Crippen LogP contribution in [0.3, 0.4) is 0 Å². The lowest BCUT2D eigenvalue weighted by Crippen LogP contribution is -2.10. The van der Waals surface area contributed by atoms with E-state index in [9.17, 15) is 4.39 Å². The summed E-state index contributed by atoms with van der Waals surface area (Å²) in [5.41, 5.74) is 2.81. The molecule has 2 nitrogen and oxygen atoms in total. The summed E-state index contributed by atoms with van der Waals surface area (Å²) in [7, 11) is 3.69. The average molecular weight is 180 g/mol. The van der Waals surface area contributed by atoms with Gasteiger partial charge in [0.15, 0.2) is 0 Å². The van der Waals surface area contributed by atoms with Crippen LogP contribution in [0.1, 0.15) is 5.56 Å². The molecule has 0 aromatic heterocycles. The summed E-state index contributed by atoms with van der Waals surface area (Å²) in [6.45, 7) is 0.922. The van der Waals surface area contributed by atoms with Crippen molar-refractivity contribution in [1.82, 2.24) is 0 Å². The van der Waals surface area contributed by atoms with Crippen molar-refractivity contribution in [3.05, 3.63) is 23.5 Å². The first-order valence-corrected chi connectivity index (χ1v) is 4.42.